The monoisotopic (exact) mass is 349 g/mol. The molecule has 0 unspecified atom stereocenters. The van der Waals surface area contributed by atoms with Crippen LogP contribution in [0.1, 0.15) is 24.0 Å². The molecule has 0 bridgehead atoms. The van der Waals surface area contributed by atoms with Gasteiger partial charge in [-0.1, -0.05) is 28.1 Å². The van der Waals surface area contributed by atoms with Gasteiger partial charge in [-0.05, 0) is 49.6 Å². The Bertz CT molecular complexity index is 655. The first-order chi connectivity index (χ1) is 10.1. The lowest BCUT2D eigenvalue weighted by molar-refractivity contribution is 0.458. The zero-order valence-electron chi connectivity index (χ0n) is 11.8. The molecule has 2 aromatic carbocycles. The van der Waals surface area contributed by atoms with Crippen LogP contribution in [0.5, 0.6) is 11.5 Å². The van der Waals surface area contributed by atoms with Crippen molar-refractivity contribution in [3.05, 3.63) is 57.8 Å². The number of nitrogens with one attached hydrogen (secondary N) is 1. The minimum Gasteiger partial charge on any atom is -0.457 e. The molecular weight excluding hydrogens is 333 g/mol. The summed E-state index contributed by atoms with van der Waals surface area (Å²) in [4.78, 5) is 0. The number of rotatable bonds is 5. The van der Waals surface area contributed by atoms with Gasteiger partial charge >= 0.3 is 0 Å². The lowest BCUT2D eigenvalue weighted by Gasteiger charge is -2.14. The van der Waals surface area contributed by atoms with Crippen LogP contribution in [-0.2, 0) is 6.54 Å². The molecule has 0 spiro atoms. The maximum absolute atomic E-state index is 14.1. The summed E-state index contributed by atoms with van der Waals surface area (Å²) in [5.41, 5.74) is 1.60. The lowest BCUT2D eigenvalue weighted by atomic mass is 10.1. The van der Waals surface area contributed by atoms with E-state index in [9.17, 15) is 4.39 Å². The van der Waals surface area contributed by atoms with Gasteiger partial charge in [-0.15, -0.1) is 0 Å². The molecule has 0 amide bonds. The molecule has 0 saturated heterocycles. The Morgan fingerprint density at radius 3 is 2.81 bits per heavy atom. The van der Waals surface area contributed by atoms with E-state index in [2.05, 4.69) is 21.2 Å². The van der Waals surface area contributed by atoms with Crippen LogP contribution in [0.4, 0.5) is 4.39 Å². The van der Waals surface area contributed by atoms with E-state index in [1.165, 1.54) is 18.9 Å². The third-order valence-electron chi connectivity index (χ3n) is 3.59. The van der Waals surface area contributed by atoms with Crippen molar-refractivity contribution in [1.29, 1.82) is 0 Å². The summed E-state index contributed by atoms with van der Waals surface area (Å²) in [5.74, 6) is 1.08. The fraction of sp³-hybridized carbons (Fsp3) is 0.294. The molecule has 0 aromatic heterocycles. The molecule has 3 rings (SSSR count). The average Bonchev–Trinajstić information content (AvgIpc) is 3.26. The van der Waals surface area contributed by atoms with Crippen molar-refractivity contribution in [3.8, 4) is 11.5 Å². The number of hydrogen-bond donors (Lipinski definition) is 1. The average molecular weight is 350 g/mol. The van der Waals surface area contributed by atoms with Crippen molar-refractivity contribution >= 4 is 15.9 Å². The largest absolute Gasteiger partial charge is 0.457 e. The Labute approximate surface area is 132 Å². The molecule has 0 heterocycles. The molecule has 0 radical (unpaired) electrons. The number of ether oxygens (including phenoxy) is 1. The van der Waals surface area contributed by atoms with Crippen LogP contribution >= 0.6 is 15.9 Å². The molecule has 1 aliphatic rings. The van der Waals surface area contributed by atoms with Crippen molar-refractivity contribution in [2.75, 3.05) is 0 Å². The van der Waals surface area contributed by atoms with Crippen molar-refractivity contribution in [2.45, 2.75) is 32.4 Å². The highest BCUT2D eigenvalue weighted by Gasteiger charge is 2.21. The maximum atomic E-state index is 14.1. The van der Waals surface area contributed by atoms with Crippen molar-refractivity contribution in [2.24, 2.45) is 0 Å². The van der Waals surface area contributed by atoms with Crippen LogP contribution in [0.25, 0.3) is 0 Å². The fourth-order valence-electron chi connectivity index (χ4n) is 2.14. The van der Waals surface area contributed by atoms with Gasteiger partial charge in [0.25, 0.3) is 0 Å². The van der Waals surface area contributed by atoms with Crippen LogP contribution in [0.15, 0.2) is 40.9 Å². The number of halogens is 2. The standard InChI is InChI=1S/C17H17BrFNO/c1-11-5-6-12(18)9-17(11)21-16-4-2-3-15(19)14(16)10-20-13-7-8-13/h2-6,9,13,20H,7-8,10H2,1H3. The molecule has 2 aromatic rings. The summed E-state index contributed by atoms with van der Waals surface area (Å²) in [7, 11) is 0. The molecule has 21 heavy (non-hydrogen) atoms. The van der Waals surface area contributed by atoms with Crippen LogP contribution in [-0.4, -0.2) is 6.04 Å². The fourth-order valence-corrected chi connectivity index (χ4v) is 2.48. The Balaban J connectivity index is 1.86. The third kappa shape index (κ3) is 3.63. The summed E-state index contributed by atoms with van der Waals surface area (Å²) in [6.07, 6.45) is 2.35. The highest BCUT2D eigenvalue weighted by Crippen LogP contribution is 2.32. The van der Waals surface area contributed by atoms with Gasteiger partial charge in [0, 0.05) is 22.6 Å². The van der Waals surface area contributed by atoms with Gasteiger partial charge in [-0.2, -0.15) is 0 Å². The Kier molecular flexibility index (Phi) is 4.27. The van der Waals surface area contributed by atoms with Gasteiger partial charge in [0.2, 0.25) is 0 Å². The van der Waals surface area contributed by atoms with Crippen molar-refractivity contribution in [1.82, 2.24) is 5.32 Å². The molecule has 0 aliphatic heterocycles. The van der Waals surface area contributed by atoms with Gasteiger partial charge in [0.05, 0.1) is 0 Å². The van der Waals surface area contributed by atoms with E-state index < -0.39 is 0 Å². The predicted molar refractivity (Wildman–Crippen MR) is 85.2 cm³/mol. The highest BCUT2D eigenvalue weighted by molar-refractivity contribution is 9.10. The quantitative estimate of drug-likeness (QED) is 0.825. The molecule has 2 nitrogen and oxygen atoms in total. The summed E-state index contributed by atoms with van der Waals surface area (Å²) in [6, 6.07) is 11.3. The molecule has 4 heteroatoms. The summed E-state index contributed by atoms with van der Waals surface area (Å²) in [5, 5.41) is 3.34. The molecule has 1 fully saturated rings. The predicted octanol–water partition coefficient (Wildman–Crippen LogP) is 4.94. The first-order valence-corrected chi connectivity index (χ1v) is 7.87. The van der Waals surface area contributed by atoms with Crippen LogP contribution in [0, 0.1) is 12.7 Å². The lowest BCUT2D eigenvalue weighted by Crippen LogP contribution is -2.16. The minimum absolute atomic E-state index is 0.228. The molecule has 0 atom stereocenters. The van der Waals surface area contributed by atoms with E-state index in [4.69, 9.17) is 4.74 Å². The van der Waals surface area contributed by atoms with Crippen LogP contribution in [0.2, 0.25) is 0 Å². The zero-order chi connectivity index (χ0) is 14.8. The third-order valence-corrected chi connectivity index (χ3v) is 4.08. The second-order valence-electron chi connectivity index (χ2n) is 5.38. The first-order valence-electron chi connectivity index (χ1n) is 7.08. The van der Waals surface area contributed by atoms with E-state index >= 15 is 0 Å². The number of benzene rings is 2. The van der Waals surface area contributed by atoms with E-state index in [1.54, 1.807) is 6.07 Å². The molecule has 110 valence electrons. The number of aryl methyl sites for hydroxylation is 1. The van der Waals surface area contributed by atoms with Crippen LogP contribution < -0.4 is 10.1 Å². The van der Waals surface area contributed by atoms with Crippen molar-refractivity contribution in [3.63, 3.8) is 0 Å². The van der Waals surface area contributed by atoms with Gasteiger partial charge in [-0.25, -0.2) is 4.39 Å². The maximum Gasteiger partial charge on any atom is 0.134 e. The Morgan fingerprint density at radius 2 is 2.05 bits per heavy atom. The highest BCUT2D eigenvalue weighted by atomic mass is 79.9. The number of hydrogen-bond acceptors (Lipinski definition) is 2. The van der Waals surface area contributed by atoms with E-state index in [-0.39, 0.29) is 5.82 Å². The van der Waals surface area contributed by atoms with Gasteiger partial charge in [-0.3, -0.25) is 0 Å². The summed E-state index contributed by atoms with van der Waals surface area (Å²) >= 11 is 3.43. The Morgan fingerprint density at radius 1 is 1.24 bits per heavy atom. The smallest absolute Gasteiger partial charge is 0.134 e. The zero-order valence-corrected chi connectivity index (χ0v) is 13.4. The Hall–Kier alpha value is -1.39. The normalized spacial score (nSPS) is 14.2. The van der Waals surface area contributed by atoms with E-state index in [0.29, 0.717) is 23.9 Å². The molecular formula is C17H17BrFNO. The van der Waals surface area contributed by atoms with Gasteiger partial charge < -0.3 is 10.1 Å². The molecule has 1 aliphatic carbocycles. The van der Waals surface area contributed by atoms with Gasteiger partial charge in [0.15, 0.2) is 0 Å². The molecule has 1 saturated carbocycles. The topological polar surface area (TPSA) is 21.3 Å². The minimum atomic E-state index is -0.228. The molecule has 1 N–H and O–H groups in total. The van der Waals surface area contributed by atoms with Crippen LogP contribution in [0.3, 0.4) is 0 Å². The second-order valence-corrected chi connectivity index (χ2v) is 6.30. The van der Waals surface area contributed by atoms with Crippen molar-refractivity contribution < 1.29 is 9.13 Å². The van der Waals surface area contributed by atoms with Gasteiger partial charge in [0.1, 0.15) is 17.3 Å². The summed E-state index contributed by atoms with van der Waals surface area (Å²) in [6.45, 7) is 2.48. The second kappa shape index (κ2) is 6.16. The van der Waals surface area contributed by atoms with E-state index in [1.807, 2.05) is 31.2 Å². The SMILES string of the molecule is Cc1ccc(Br)cc1Oc1cccc(F)c1CNC1CC1. The van der Waals surface area contributed by atoms with E-state index in [0.717, 1.165) is 15.8 Å². The summed E-state index contributed by atoms with van der Waals surface area (Å²) < 4.78 is 21.0. The first kappa shape index (κ1) is 14.5.